The number of benzene rings is 4. The fourth-order valence-electron chi connectivity index (χ4n) is 13.6. The third-order valence-corrected chi connectivity index (χ3v) is 18.8. The highest BCUT2D eigenvalue weighted by Gasteiger charge is 2.29. The van der Waals surface area contributed by atoms with Crippen LogP contribution in [0.4, 0.5) is 40.8 Å². The highest BCUT2D eigenvalue weighted by Crippen LogP contribution is 2.39. The Kier molecular flexibility index (Phi) is 25.2. The van der Waals surface area contributed by atoms with Crippen molar-refractivity contribution in [1.82, 2.24) is 39.9 Å². The molecule has 0 radical (unpaired) electrons. The van der Waals surface area contributed by atoms with Crippen LogP contribution >= 0.6 is 0 Å². The fourth-order valence-corrected chi connectivity index (χ4v) is 13.6. The summed E-state index contributed by atoms with van der Waals surface area (Å²) in [5.74, 6) is 2.04. The number of aryl methyl sites for hydroxylation is 12. The molecule has 8 aromatic rings. The average molecular weight is 1360 g/mol. The summed E-state index contributed by atoms with van der Waals surface area (Å²) in [4.78, 5) is 86.5. The number of carbonyl (C=O) groups is 4. The molecule has 4 N–H and O–H groups in total. The Labute approximate surface area is 585 Å². The van der Waals surface area contributed by atoms with Gasteiger partial charge >= 0.3 is 0 Å². The minimum atomic E-state index is -0.223. The third kappa shape index (κ3) is 18.4. The molecule has 1 fully saturated rings. The summed E-state index contributed by atoms with van der Waals surface area (Å²) in [6, 6.07) is 19.3. The molecular weight excluding hydrogens is 1270 g/mol. The van der Waals surface area contributed by atoms with Gasteiger partial charge in [-0.3, -0.25) is 19.2 Å². The van der Waals surface area contributed by atoms with Crippen LogP contribution in [0, 0.1) is 41.0 Å². The number of aromatic nitrogens is 8. The van der Waals surface area contributed by atoms with Crippen molar-refractivity contribution in [2.24, 2.45) is 17.8 Å². The van der Waals surface area contributed by atoms with Gasteiger partial charge in [0.2, 0.25) is 23.6 Å². The topological polar surface area (TPSA) is 220 Å². The quantitative estimate of drug-likeness (QED) is 0.0590. The number of nitrogens with one attached hydrogen (secondary N) is 4. The Morgan fingerprint density at radius 1 is 0.420 bits per heavy atom. The molecule has 16 nitrogen and oxygen atoms in total. The number of fused-ring (bicyclic) bond motifs is 12. The van der Waals surface area contributed by atoms with Crippen LogP contribution in [0.3, 0.4) is 0 Å². The molecule has 4 aromatic carbocycles. The maximum Gasteiger partial charge on any atom is 0.228 e. The van der Waals surface area contributed by atoms with Crippen LogP contribution in [0.2, 0.25) is 0 Å². The SMILES string of the molecule is CCCc1nc2c(nc1NC(=O)C(C)CC)CCc1cc(F)ccc1-2.CCCc1nc2c(nc1NC(=O)CC(C)C)CCc1cc(F)ccc1-2.CCCc1nc2c(nc1NC(=O)CC1CCCCC1)CCc1cc(F)ccc1-2.CCCc1nc2c(nc1NC(C)=O)CCc1cc(F)ccc1-2. The van der Waals surface area contributed by atoms with Crippen LogP contribution in [0.1, 0.15) is 207 Å². The summed E-state index contributed by atoms with van der Waals surface area (Å²) < 4.78 is 54.0. The maximum absolute atomic E-state index is 13.6. The first kappa shape index (κ1) is 73.5. The Bertz CT molecular complexity index is 4310. The zero-order valence-corrected chi connectivity index (χ0v) is 59.4. The summed E-state index contributed by atoms with van der Waals surface area (Å²) in [5.41, 5.74) is 17.7. The van der Waals surface area contributed by atoms with Crippen molar-refractivity contribution >= 4 is 46.9 Å². The molecule has 1 saturated carbocycles. The van der Waals surface area contributed by atoms with E-state index in [1.54, 1.807) is 48.5 Å². The number of hydrogen-bond acceptors (Lipinski definition) is 12. The lowest BCUT2D eigenvalue weighted by molar-refractivity contribution is -0.119. The van der Waals surface area contributed by atoms with Gasteiger partial charge in [-0.15, -0.1) is 0 Å². The largest absolute Gasteiger partial charge is 0.309 e. The Morgan fingerprint density at radius 2 is 0.740 bits per heavy atom. The van der Waals surface area contributed by atoms with Crippen LogP contribution in [0.15, 0.2) is 72.8 Å². The van der Waals surface area contributed by atoms with E-state index in [0.717, 1.165) is 216 Å². The van der Waals surface area contributed by atoms with Crippen LogP contribution < -0.4 is 21.3 Å². The molecule has 20 heteroatoms. The lowest BCUT2D eigenvalue weighted by Gasteiger charge is -2.22. The van der Waals surface area contributed by atoms with Gasteiger partial charge in [0.1, 0.15) is 23.3 Å². The molecule has 1 unspecified atom stereocenters. The van der Waals surface area contributed by atoms with Crippen molar-refractivity contribution in [2.45, 2.75) is 216 Å². The molecule has 526 valence electrons. The van der Waals surface area contributed by atoms with Crippen molar-refractivity contribution in [3.63, 3.8) is 0 Å². The standard InChI is InChI=1S/C23H28FN3O.2C20H24FN3O.C17H18FN3O/c1-2-6-20-23(27-21(28)13-15-7-4-3-5-8-15)26-19-12-9-16-14-17(24)10-11-18(16)22(19)25-20;1-4-5-17-20(24-18(25)10-12(2)3)23-16-9-6-13-11-14(21)7-8-15(13)19(16)22-17;1-4-6-17-19(24-20(25)12(3)5-2)23-16-10-7-13-11-14(21)8-9-15(13)18(16)22-17;1-3-4-15-17(19-10(2)22)21-14-8-5-11-9-12(18)6-7-13(11)16(14)20-15/h10-11,14-15H,2-9,12-13H2,1H3,(H,26,27,28);7-8,11-12H,4-6,9-10H2,1-3H3,(H,23,24,25);8-9,11-12H,4-7,10H2,1-3H3,(H,23,24,25);6-7,9H,3-5,8H2,1-2H3,(H,19,21,22). The molecule has 5 aliphatic carbocycles. The second-order valence-corrected chi connectivity index (χ2v) is 27.3. The molecule has 4 aromatic heterocycles. The zero-order chi connectivity index (χ0) is 71.1. The van der Waals surface area contributed by atoms with E-state index >= 15 is 0 Å². The number of nitrogens with zero attached hydrogens (tertiary/aromatic N) is 8. The van der Waals surface area contributed by atoms with E-state index in [1.165, 1.54) is 50.5 Å². The van der Waals surface area contributed by atoms with Crippen LogP contribution in [-0.4, -0.2) is 63.5 Å². The minimum Gasteiger partial charge on any atom is -0.309 e. The second kappa shape index (κ2) is 34.2. The van der Waals surface area contributed by atoms with Gasteiger partial charge < -0.3 is 21.3 Å². The van der Waals surface area contributed by atoms with E-state index in [2.05, 4.69) is 53.9 Å². The number of amides is 4. The Hall–Kier alpha value is -9.20. The van der Waals surface area contributed by atoms with Crippen molar-refractivity contribution in [3.05, 3.63) is 164 Å². The van der Waals surface area contributed by atoms with Crippen LogP contribution in [-0.2, 0) is 96.2 Å². The van der Waals surface area contributed by atoms with Crippen molar-refractivity contribution in [2.75, 3.05) is 21.3 Å². The molecule has 0 spiro atoms. The molecule has 0 bridgehead atoms. The summed E-state index contributed by atoms with van der Waals surface area (Å²) in [5, 5.41) is 11.7. The summed E-state index contributed by atoms with van der Waals surface area (Å²) in [6.45, 7) is 17.7. The molecule has 1 atom stereocenters. The van der Waals surface area contributed by atoms with E-state index in [0.29, 0.717) is 67.2 Å². The highest BCUT2D eigenvalue weighted by atomic mass is 19.1. The molecule has 4 amide bonds. The average Bonchev–Trinajstić information content (AvgIpc) is 0.796. The van der Waals surface area contributed by atoms with Crippen molar-refractivity contribution < 1.29 is 36.7 Å². The molecule has 100 heavy (non-hydrogen) atoms. The van der Waals surface area contributed by atoms with E-state index < -0.39 is 0 Å². The number of hydrogen-bond donors (Lipinski definition) is 4. The summed E-state index contributed by atoms with van der Waals surface area (Å²) >= 11 is 0. The van der Waals surface area contributed by atoms with E-state index in [4.69, 9.17) is 34.9 Å². The second-order valence-electron chi connectivity index (χ2n) is 27.3. The van der Waals surface area contributed by atoms with Gasteiger partial charge in [-0.1, -0.05) is 100 Å². The van der Waals surface area contributed by atoms with Gasteiger partial charge in [0.15, 0.2) is 23.3 Å². The molecule has 4 heterocycles. The number of carbonyl (C=O) groups excluding carboxylic acids is 4. The van der Waals surface area contributed by atoms with E-state index in [-0.39, 0.29) is 52.8 Å². The summed E-state index contributed by atoms with van der Waals surface area (Å²) in [6.07, 6.45) is 20.3. The fraction of sp³-hybridized carbons (Fsp3) is 0.450. The predicted octanol–water partition coefficient (Wildman–Crippen LogP) is 17.2. The van der Waals surface area contributed by atoms with Crippen LogP contribution in [0.25, 0.3) is 45.0 Å². The molecule has 5 aliphatic rings. The van der Waals surface area contributed by atoms with Gasteiger partial charge in [-0.25, -0.2) is 57.4 Å². The number of halogens is 4. The smallest absolute Gasteiger partial charge is 0.228 e. The Balaban J connectivity index is 0.000000144. The first-order valence-corrected chi connectivity index (χ1v) is 36.1. The lowest BCUT2D eigenvalue weighted by atomic mass is 9.87. The lowest BCUT2D eigenvalue weighted by Crippen LogP contribution is -2.23. The first-order chi connectivity index (χ1) is 48.2. The zero-order valence-electron chi connectivity index (χ0n) is 59.4. The number of rotatable bonds is 18. The normalized spacial score (nSPS) is 13.9. The minimum absolute atomic E-state index is 0.0209. The van der Waals surface area contributed by atoms with E-state index in [9.17, 15) is 36.7 Å². The summed E-state index contributed by atoms with van der Waals surface area (Å²) in [7, 11) is 0. The predicted molar refractivity (Wildman–Crippen MR) is 386 cm³/mol. The van der Waals surface area contributed by atoms with Crippen LogP contribution in [0.5, 0.6) is 0 Å². The van der Waals surface area contributed by atoms with Gasteiger partial charge in [0.05, 0.1) is 68.3 Å². The number of anilines is 4. The molecule has 0 saturated heterocycles. The van der Waals surface area contributed by atoms with Crippen molar-refractivity contribution in [1.29, 1.82) is 0 Å². The van der Waals surface area contributed by atoms with Gasteiger partial charge in [-0.05, 0) is 203 Å². The van der Waals surface area contributed by atoms with Gasteiger partial charge in [0, 0.05) is 47.9 Å². The third-order valence-electron chi connectivity index (χ3n) is 18.8. The first-order valence-electron chi connectivity index (χ1n) is 36.1. The highest BCUT2D eigenvalue weighted by molar-refractivity contribution is 5.93. The Morgan fingerprint density at radius 3 is 1.05 bits per heavy atom. The van der Waals surface area contributed by atoms with Gasteiger partial charge in [-0.2, -0.15) is 0 Å². The molecular formula is C80H94F4N12O4. The molecule has 0 aliphatic heterocycles. The monoisotopic (exact) mass is 1360 g/mol. The molecule has 13 rings (SSSR count). The van der Waals surface area contributed by atoms with Gasteiger partial charge in [0.25, 0.3) is 0 Å². The van der Waals surface area contributed by atoms with Crippen molar-refractivity contribution in [3.8, 4) is 45.0 Å². The van der Waals surface area contributed by atoms with E-state index in [1.807, 2.05) is 27.7 Å². The maximum atomic E-state index is 13.6.